The summed E-state index contributed by atoms with van der Waals surface area (Å²) in [6.07, 6.45) is 4.44. The van der Waals surface area contributed by atoms with Crippen LogP contribution < -0.4 is 15.9 Å². The van der Waals surface area contributed by atoms with Crippen LogP contribution in [0.5, 0.6) is 0 Å². The van der Waals surface area contributed by atoms with E-state index in [1.807, 2.05) is 6.07 Å². The average molecular weight is 331 g/mol. The molecule has 1 unspecified atom stereocenters. The van der Waals surface area contributed by atoms with Crippen molar-refractivity contribution >= 4 is 17.3 Å². The Morgan fingerprint density at radius 2 is 2.04 bits per heavy atom. The predicted octanol–water partition coefficient (Wildman–Crippen LogP) is 0.198. The van der Waals surface area contributed by atoms with E-state index >= 15 is 0 Å². The van der Waals surface area contributed by atoms with Crippen LogP contribution in [0.2, 0.25) is 0 Å². The number of aliphatic imine (C=N–C) groups is 1. The van der Waals surface area contributed by atoms with Gasteiger partial charge in [0.15, 0.2) is 5.69 Å². The Bertz CT molecular complexity index is 626. The molecule has 1 aromatic carbocycles. The van der Waals surface area contributed by atoms with Gasteiger partial charge in [0.1, 0.15) is 5.69 Å². The topological polar surface area (TPSA) is 76.4 Å². The van der Waals surface area contributed by atoms with Crippen molar-refractivity contribution in [2.24, 2.45) is 4.99 Å². The van der Waals surface area contributed by atoms with Crippen LogP contribution in [0.1, 0.15) is 24.0 Å². The number of rotatable bonds is 3. The van der Waals surface area contributed by atoms with Crippen molar-refractivity contribution < 1.29 is 9.91 Å². The molecule has 1 saturated heterocycles. The highest BCUT2D eigenvalue weighted by Gasteiger charge is 2.24. The van der Waals surface area contributed by atoms with Crippen LogP contribution in [0.15, 0.2) is 17.1 Å². The molecule has 4 rings (SSSR count). The molecule has 0 bridgehead atoms. The van der Waals surface area contributed by atoms with Gasteiger partial charge in [0, 0.05) is 32.3 Å². The maximum Gasteiger partial charge on any atom is 0.243 e. The molecule has 7 heteroatoms. The lowest BCUT2D eigenvalue weighted by Crippen LogP contribution is -3.11. The second-order valence-electron chi connectivity index (χ2n) is 6.64. The van der Waals surface area contributed by atoms with Gasteiger partial charge in [-0.25, -0.2) is 10.2 Å². The van der Waals surface area contributed by atoms with E-state index < -0.39 is 0 Å². The zero-order chi connectivity index (χ0) is 16.4. The van der Waals surface area contributed by atoms with Gasteiger partial charge in [-0.05, 0) is 42.9 Å². The Balaban J connectivity index is 1.40. The minimum Gasteiger partial charge on any atom is -0.603 e. The normalized spacial score (nSPS) is 25.5. The van der Waals surface area contributed by atoms with Gasteiger partial charge in [-0.1, -0.05) is 0 Å². The van der Waals surface area contributed by atoms with E-state index in [0.717, 1.165) is 63.5 Å². The highest BCUT2D eigenvalue weighted by atomic mass is 16.5. The van der Waals surface area contributed by atoms with Gasteiger partial charge in [-0.15, -0.1) is 0 Å². The summed E-state index contributed by atoms with van der Waals surface area (Å²) in [7, 11) is 0. The third-order valence-corrected chi connectivity index (χ3v) is 4.96. The highest BCUT2D eigenvalue weighted by Crippen LogP contribution is 2.30. The first-order valence-electron chi connectivity index (χ1n) is 8.88. The van der Waals surface area contributed by atoms with Gasteiger partial charge in [-0.3, -0.25) is 4.90 Å². The standard InChI is InChI=1S/C17H25N5O2/c23-22-16-12-14-4-1-3-13(14)11-15(16)19-17(20-22)18-5-7-21-6-2-9-24-10-8-21/h11-12,22H,1-10H2,(H2,18,19,20). The van der Waals surface area contributed by atoms with Crippen molar-refractivity contribution in [2.75, 3.05) is 44.7 Å². The highest BCUT2D eigenvalue weighted by molar-refractivity contribution is 5.96. The Morgan fingerprint density at radius 1 is 1.17 bits per heavy atom. The third kappa shape index (κ3) is 3.39. The Labute approximate surface area is 142 Å². The number of guanidine groups is 1. The number of quaternary nitrogens is 1. The molecule has 1 aromatic rings. The minimum absolute atomic E-state index is 0.0552. The maximum atomic E-state index is 12.3. The van der Waals surface area contributed by atoms with Crippen molar-refractivity contribution in [1.82, 2.24) is 10.3 Å². The number of fused-ring (bicyclic) bond motifs is 2. The first-order valence-corrected chi connectivity index (χ1v) is 8.88. The van der Waals surface area contributed by atoms with Gasteiger partial charge in [0.2, 0.25) is 5.96 Å². The molecule has 1 atom stereocenters. The fourth-order valence-electron chi connectivity index (χ4n) is 3.65. The number of anilines is 1. The molecule has 130 valence electrons. The van der Waals surface area contributed by atoms with Gasteiger partial charge in [0.05, 0.1) is 13.2 Å². The van der Waals surface area contributed by atoms with E-state index in [9.17, 15) is 5.21 Å². The minimum atomic E-state index is -0.0552. The summed E-state index contributed by atoms with van der Waals surface area (Å²) in [5.41, 5.74) is 7.17. The number of ether oxygens (including phenoxy) is 1. The number of hydrogen-bond donors (Lipinski definition) is 3. The maximum absolute atomic E-state index is 12.3. The van der Waals surface area contributed by atoms with E-state index in [1.54, 1.807) is 0 Å². The summed E-state index contributed by atoms with van der Waals surface area (Å²) in [6, 6.07) is 4.16. The van der Waals surface area contributed by atoms with Gasteiger partial charge in [-0.2, -0.15) is 5.43 Å². The summed E-state index contributed by atoms with van der Waals surface area (Å²) in [6.45, 7) is 5.22. The van der Waals surface area contributed by atoms with E-state index in [1.165, 1.54) is 17.5 Å². The molecule has 1 aliphatic carbocycles. The summed E-state index contributed by atoms with van der Waals surface area (Å²) < 4.78 is 5.46. The van der Waals surface area contributed by atoms with Crippen LogP contribution in [0, 0.1) is 5.21 Å². The van der Waals surface area contributed by atoms with Crippen molar-refractivity contribution in [3.8, 4) is 0 Å². The smallest absolute Gasteiger partial charge is 0.243 e. The summed E-state index contributed by atoms with van der Waals surface area (Å²) in [5, 5.41) is 15.6. The molecular formula is C17H25N5O2. The number of nitrogens with zero attached hydrogens (tertiary/aromatic N) is 2. The second-order valence-corrected chi connectivity index (χ2v) is 6.64. The molecule has 0 saturated carbocycles. The molecule has 24 heavy (non-hydrogen) atoms. The molecule has 0 amide bonds. The van der Waals surface area contributed by atoms with Gasteiger partial charge >= 0.3 is 0 Å². The molecular weight excluding hydrogens is 306 g/mol. The molecule has 0 radical (unpaired) electrons. The third-order valence-electron chi connectivity index (χ3n) is 4.96. The van der Waals surface area contributed by atoms with E-state index in [2.05, 4.69) is 26.7 Å². The van der Waals surface area contributed by atoms with Gasteiger partial charge < -0.3 is 15.3 Å². The number of aryl methyl sites for hydroxylation is 2. The molecule has 7 nitrogen and oxygen atoms in total. The molecule has 2 heterocycles. The average Bonchev–Trinajstić information content (AvgIpc) is 2.87. The fourth-order valence-corrected chi connectivity index (χ4v) is 3.65. The van der Waals surface area contributed by atoms with Crippen LogP contribution >= 0.6 is 0 Å². The van der Waals surface area contributed by atoms with Crippen LogP contribution in [0.3, 0.4) is 0 Å². The van der Waals surface area contributed by atoms with Crippen LogP contribution in [-0.4, -0.2) is 50.3 Å². The van der Waals surface area contributed by atoms with Gasteiger partial charge in [0.25, 0.3) is 0 Å². The monoisotopic (exact) mass is 331 g/mol. The molecule has 3 N–H and O–H groups in total. The van der Waals surface area contributed by atoms with Crippen molar-refractivity contribution in [1.29, 1.82) is 0 Å². The SMILES string of the molecule is [O-][NH+]1NC(=NCCN2CCCOCC2)Nc2cc3c(cc21)CCC3. The zero-order valence-electron chi connectivity index (χ0n) is 13.9. The Kier molecular flexibility index (Phi) is 4.66. The lowest BCUT2D eigenvalue weighted by atomic mass is 10.1. The largest absolute Gasteiger partial charge is 0.603 e. The summed E-state index contributed by atoms with van der Waals surface area (Å²) in [5.74, 6) is 0.566. The van der Waals surface area contributed by atoms with E-state index in [4.69, 9.17) is 4.74 Å². The molecule has 2 aliphatic heterocycles. The van der Waals surface area contributed by atoms with E-state index in [-0.39, 0.29) is 5.17 Å². The van der Waals surface area contributed by atoms with Crippen LogP contribution in [0.25, 0.3) is 0 Å². The Hall–Kier alpha value is -1.67. The van der Waals surface area contributed by atoms with Crippen molar-refractivity contribution in [3.63, 3.8) is 0 Å². The first-order chi connectivity index (χ1) is 11.8. The lowest BCUT2D eigenvalue weighted by molar-refractivity contribution is -0.816. The summed E-state index contributed by atoms with van der Waals surface area (Å²) >= 11 is 0. The number of nitrogens with one attached hydrogen (secondary N) is 3. The molecule has 0 aromatic heterocycles. The number of hydrogen-bond acceptors (Lipinski definition) is 4. The molecule has 1 fully saturated rings. The fraction of sp³-hybridized carbons (Fsp3) is 0.588. The second kappa shape index (κ2) is 7.06. The first kappa shape index (κ1) is 15.8. The number of benzene rings is 1. The zero-order valence-corrected chi connectivity index (χ0v) is 13.9. The molecule has 3 aliphatic rings. The Morgan fingerprint density at radius 3 is 2.96 bits per heavy atom. The summed E-state index contributed by atoms with van der Waals surface area (Å²) in [4.78, 5) is 6.91. The van der Waals surface area contributed by atoms with Crippen molar-refractivity contribution in [3.05, 3.63) is 28.5 Å². The van der Waals surface area contributed by atoms with E-state index in [0.29, 0.717) is 12.5 Å². The van der Waals surface area contributed by atoms with Crippen LogP contribution in [-0.2, 0) is 17.6 Å². The van der Waals surface area contributed by atoms with Crippen LogP contribution in [0.4, 0.5) is 11.4 Å². The quantitative estimate of drug-likeness (QED) is 0.690. The predicted molar refractivity (Wildman–Crippen MR) is 93.4 cm³/mol. The molecule has 0 spiro atoms. The lowest BCUT2D eigenvalue weighted by Gasteiger charge is -2.31. The van der Waals surface area contributed by atoms with Crippen molar-refractivity contribution in [2.45, 2.75) is 25.7 Å².